The normalized spacial score (nSPS) is 19.8. The van der Waals surface area contributed by atoms with Crippen LogP contribution in [0.4, 0.5) is 13.2 Å². The molecule has 1 aliphatic rings. The molecule has 1 aliphatic carbocycles. The van der Waals surface area contributed by atoms with Crippen LogP contribution in [0, 0.1) is 0 Å². The second-order valence-electron chi connectivity index (χ2n) is 6.66. The van der Waals surface area contributed by atoms with Gasteiger partial charge in [-0.1, -0.05) is 18.2 Å². The average molecular weight is 394 g/mol. The first-order valence-electron chi connectivity index (χ1n) is 9.08. The molecule has 1 N–H and O–H groups in total. The molecule has 1 fully saturated rings. The van der Waals surface area contributed by atoms with Gasteiger partial charge in [-0.25, -0.2) is 4.98 Å². The van der Waals surface area contributed by atoms with Gasteiger partial charge in [0.15, 0.2) is 0 Å². The zero-order chi connectivity index (χ0) is 20.0. The fourth-order valence-electron chi connectivity index (χ4n) is 3.15. The predicted molar refractivity (Wildman–Crippen MR) is 96.3 cm³/mol. The fraction of sp³-hybridized carbons (Fsp3) is 0.400. The molecular formula is C20H21F3N2O3. The van der Waals surface area contributed by atoms with E-state index >= 15 is 0 Å². The molecular weight excluding hydrogens is 373 g/mol. The van der Waals surface area contributed by atoms with Crippen molar-refractivity contribution in [3.05, 3.63) is 54.2 Å². The van der Waals surface area contributed by atoms with Crippen LogP contribution in [0.15, 0.2) is 48.7 Å². The van der Waals surface area contributed by atoms with Crippen LogP contribution in [0.25, 0.3) is 0 Å². The van der Waals surface area contributed by atoms with E-state index in [9.17, 15) is 18.0 Å². The van der Waals surface area contributed by atoms with Crippen LogP contribution in [0.2, 0.25) is 0 Å². The van der Waals surface area contributed by atoms with E-state index in [1.165, 1.54) is 6.20 Å². The zero-order valence-electron chi connectivity index (χ0n) is 15.1. The molecule has 8 heteroatoms. The molecule has 1 aromatic heterocycles. The van der Waals surface area contributed by atoms with Crippen LogP contribution in [-0.2, 0) is 4.74 Å². The van der Waals surface area contributed by atoms with E-state index in [0.29, 0.717) is 31.4 Å². The second kappa shape index (κ2) is 9.05. The van der Waals surface area contributed by atoms with Crippen molar-refractivity contribution in [3.63, 3.8) is 0 Å². The van der Waals surface area contributed by atoms with Crippen molar-refractivity contribution in [2.75, 3.05) is 6.61 Å². The number of pyridine rings is 1. The molecule has 0 radical (unpaired) electrons. The highest BCUT2D eigenvalue weighted by Crippen LogP contribution is 2.26. The van der Waals surface area contributed by atoms with Crippen molar-refractivity contribution >= 4 is 5.91 Å². The summed E-state index contributed by atoms with van der Waals surface area (Å²) in [4.78, 5) is 16.8. The summed E-state index contributed by atoms with van der Waals surface area (Å²) < 4.78 is 47.7. The maximum absolute atomic E-state index is 12.7. The van der Waals surface area contributed by atoms with Crippen LogP contribution < -0.4 is 10.1 Å². The molecule has 1 saturated carbocycles. The quantitative estimate of drug-likeness (QED) is 0.784. The largest absolute Gasteiger partial charge is 0.438 e. The summed E-state index contributed by atoms with van der Waals surface area (Å²) in [6, 6.07) is 11.9. The van der Waals surface area contributed by atoms with Gasteiger partial charge in [0.25, 0.3) is 5.91 Å². The Labute approximate surface area is 160 Å². The van der Waals surface area contributed by atoms with Gasteiger partial charge in [-0.05, 0) is 49.9 Å². The number of aromatic nitrogens is 1. The second-order valence-corrected chi connectivity index (χ2v) is 6.66. The Bertz CT molecular complexity index is 784. The molecule has 3 rings (SSSR count). The summed E-state index contributed by atoms with van der Waals surface area (Å²) >= 11 is 0. The van der Waals surface area contributed by atoms with Gasteiger partial charge in [0.05, 0.1) is 6.10 Å². The fourth-order valence-corrected chi connectivity index (χ4v) is 3.15. The van der Waals surface area contributed by atoms with Crippen molar-refractivity contribution in [2.45, 2.75) is 44.0 Å². The van der Waals surface area contributed by atoms with Crippen LogP contribution in [0.3, 0.4) is 0 Å². The SMILES string of the molecule is O=C(N[C@@H]1CCC[C@H](OCC(F)(F)F)C1)c1cccnc1Oc1ccccc1. The zero-order valence-corrected chi connectivity index (χ0v) is 15.1. The summed E-state index contributed by atoms with van der Waals surface area (Å²) in [6.45, 7) is -1.27. The summed E-state index contributed by atoms with van der Waals surface area (Å²) in [5.41, 5.74) is 0.268. The maximum atomic E-state index is 12.7. The minimum atomic E-state index is -4.35. The molecule has 0 spiro atoms. The van der Waals surface area contributed by atoms with Crippen molar-refractivity contribution in [2.24, 2.45) is 0 Å². The number of rotatable bonds is 6. The third-order valence-electron chi connectivity index (χ3n) is 4.42. The van der Waals surface area contributed by atoms with Crippen molar-refractivity contribution in [1.29, 1.82) is 0 Å². The van der Waals surface area contributed by atoms with E-state index in [1.807, 2.05) is 6.07 Å². The van der Waals surface area contributed by atoms with Crippen LogP contribution in [0.1, 0.15) is 36.0 Å². The van der Waals surface area contributed by atoms with E-state index in [4.69, 9.17) is 9.47 Å². The number of hydrogen-bond acceptors (Lipinski definition) is 4. The van der Waals surface area contributed by atoms with E-state index < -0.39 is 18.9 Å². The highest BCUT2D eigenvalue weighted by molar-refractivity contribution is 5.96. The first-order chi connectivity index (χ1) is 13.4. The number of carbonyl (C=O) groups excluding carboxylic acids is 1. The predicted octanol–water partition coefficient (Wildman–Crippen LogP) is 4.49. The minimum Gasteiger partial charge on any atom is -0.438 e. The van der Waals surface area contributed by atoms with Gasteiger partial charge in [0.1, 0.15) is 17.9 Å². The molecule has 1 amide bonds. The Hall–Kier alpha value is -2.61. The Kier molecular flexibility index (Phi) is 6.51. The molecule has 2 atom stereocenters. The molecule has 0 aliphatic heterocycles. The van der Waals surface area contributed by atoms with E-state index in [2.05, 4.69) is 10.3 Å². The number of halogens is 3. The Morgan fingerprint density at radius 3 is 2.68 bits per heavy atom. The lowest BCUT2D eigenvalue weighted by Gasteiger charge is -2.30. The molecule has 1 heterocycles. The van der Waals surface area contributed by atoms with Gasteiger partial charge >= 0.3 is 6.18 Å². The number of alkyl halides is 3. The number of amides is 1. The number of nitrogens with zero attached hydrogens (tertiary/aromatic N) is 1. The Balaban J connectivity index is 1.61. The summed E-state index contributed by atoms with van der Waals surface area (Å²) in [7, 11) is 0. The van der Waals surface area contributed by atoms with Gasteiger partial charge in [-0.15, -0.1) is 0 Å². The van der Waals surface area contributed by atoms with Crippen LogP contribution in [0.5, 0.6) is 11.6 Å². The van der Waals surface area contributed by atoms with Gasteiger partial charge in [0, 0.05) is 12.2 Å². The highest BCUT2D eigenvalue weighted by Gasteiger charge is 2.31. The molecule has 2 aromatic rings. The van der Waals surface area contributed by atoms with Crippen molar-refractivity contribution in [1.82, 2.24) is 10.3 Å². The molecule has 1 aromatic carbocycles. The molecule has 5 nitrogen and oxygen atoms in total. The monoisotopic (exact) mass is 394 g/mol. The van der Waals surface area contributed by atoms with Crippen LogP contribution in [-0.4, -0.2) is 35.8 Å². The molecule has 0 saturated heterocycles. The standard InChI is InChI=1S/C20H21F3N2O3/c21-20(22,23)13-27-16-9-4-6-14(12-16)25-18(26)17-10-5-11-24-19(17)28-15-7-2-1-3-8-15/h1-3,5,7-8,10-11,14,16H,4,6,9,12-13H2,(H,25,26)/t14-,16+/m1/s1. The van der Waals surface area contributed by atoms with E-state index in [1.54, 1.807) is 36.4 Å². The number of ether oxygens (including phenoxy) is 2. The van der Waals surface area contributed by atoms with Gasteiger partial charge in [-0.3, -0.25) is 4.79 Å². The Morgan fingerprint density at radius 2 is 1.93 bits per heavy atom. The van der Waals surface area contributed by atoms with Crippen LogP contribution >= 0.6 is 0 Å². The average Bonchev–Trinajstić information content (AvgIpc) is 2.67. The number of hydrogen-bond donors (Lipinski definition) is 1. The molecule has 28 heavy (non-hydrogen) atoms. The summed E-state index contributed by atoms with van der Waals surface area (Å²) in [6.07, 6.45) is -1.07. The maximum Gasteiger partial charge on any atom is 0.411 e. The van der Waals surface area contributed by atoms with Gasteiger partial charge in [-0.2, -0.15) is 13.2 Å². The first kappa shape index (κ1) is 20.1. The van der Waals surface area contributed by atoms with Crippen molar-refractivity contribution < 1.29 is 27.4 Å². The van der Waals surface area contributed by atoms with E-state index in [0.717, 1.165) is 0 Å². The van der Waals surface area contributed by atoms with Gasteiger partial charge in [0.2, 0.25) is 5.88 Å². The third kappa shape index (κ3) is 5.95. The number of carbonyl (C=O) groups is 1. The van der Waals surface area contributed by atoms with E-state index in [-0.39, 0.29) is 23.4 Å². The number of nitrogens with one attached hydrogen (secondary N) is 1. The smallest absolute Gasteiger partial charge is 0.411 e. The summed E-state index contributed by atoms with van der Waals surface area (Å²) in [5.74, 6) is 0.348. The van der Waals surface area contributed by atoms with Gasteiger partial charge < -0.3 is 14.8 Å². The number of benzene rings is 1. The lowest BCUT2D eigenvalue weighted by atomic mass is 9.92. The molecule has 0 bridgehead atoms. The van der Waals surface area contributed by atoms with Crippen molar-refractivity contribution in [3.8, 4) is 11.6 Å². The number of para-hydroxylation sites is 1. The highest BCUT2D eigenvalue weighted by atomic mass is 19.4. The molecule has 150 valence electrons. The molecule has 0 unspecified atom stereocenters. The summed E-state index contributed by atoms with van der Waals surface area (Å²) in [5, 5.41) is 2.87. The Morgan fingerprint density at radius 1 is 1.14 bits per heavy atom. The topological polar surface area (TPSA) is 60.5 Å². The third-order valence-corrected chi connectivity index (χ3v) is 4.42. The lowest BCUT2D eigenvalue weighted by Crippen LogP contribution is -2.41. The first-order valence-corrected chi connectivity index (χ1v) is 9.08. The minimum absolute atomic E-state index is 0.173. The lowest BCUT2D eigenvalue weighted by molar-refractivity contribution is -0.188.